The number of hydrogen-bond acceptors (Lipinski definition) is 10. The van der Waals surface area contributed by atoms with Crippen LogP contribution < -0.4 is 14.4 Å². The highest BCUT2D eigenvalue weighted by Gasteiger charge is 2.33. The highest BCUT2D eigenvalue weighted by Crippen LogP contribution is 2.34. The van der Waals surface area contributed by atoms with Gasteiger partial charge in [0.05, 0.1) is 45.8 Å². The van der Waals surface area contributed by atoms with Crippen molar-refractivity contribution in [2.24, 2.45) is 0 Å². The molecule has 0 bridgehead atoms. The number of hydrogen-bond donors (Lipinski definition) is 0. The monoisotopic (exact) mass is 537 g/mol. The van der Waals surface area contributed by atoms with Crippen molar-refractivity contribution in [2.75, 3.05) is 38.9 Å². The third kappa shape index (κ3) is 9.95. The second-order valence-electron chi connectivity index (χ2n) is 8.82. The van der Waals surface area contributed by atoms with Gasteiger partial charge in [-0.05, 0) is 66.2 Å². The lowest BCUT2D eigenvalue weighted by atomic mass is 10.0. The van der Waals surface area contributed by atoms with Gasteiger partial charge in [0.2, 0.25) is 0 Å². The minimum absolute atomic E-state index is 0.00846. The van der Waals surface area contributed by atoms with E-state index in [0.29, 0.717) is 17.2 Å². The number of ether oxygens (including phenoxy) is 6. The Labute approximate surface area is 223 Å². The summed E-state index contributed by atoms with van der Waals surface area (Å²) in [5.74, 6) is -1.64. The fraction of sp³-hybridized carbons (Fsp3) is 0.556. The number of amides is 1. The maximum Gasteiger partial charge on any atom is 0.415 e. The molecule has 0 saturated heterocycles. The SMILES string of the molecule is CCOC(=O)CCC(C=C(C(=O)OCC)C(=O)OCC)N(C(=O)OC(C)(C)C)c1ccc(OC)c(OC)c1. The summed E-state index contributed by atoms with van der Waals surface area (Å²) in [4.78, 5) is 52.5. The summed E-state index contributed by atoms with van der Waals surface area (Å²) < 4.78 is 31.5. The Bertz CT molecular complexity index is 976. The van der Waals surface area contributed by atoms with Gasteiger partial charge in [0.25, 0.3) is 0 Å². The second-order valence-corrected chi connectivity index (χ2v) is 8.82. The molecule has 1 aromatic carbocycles. The number of nitrogens with zero attached hydrogens (tertiary/aromatic N) is 1. The van der Waals surface area contributed by atoms with Crippen LogP contribution in [0.4, 0.5) is 10.5 Å². The van der Waals surface area contributed by atoms with E-state index in [1.807, 2.05) is 0 Å². The first-order chi connectivity index (χ1) is 17.9. The van der Waals surface area contributed by atoms with Gasteiger partial charge in [-0.25, -0.2) is 14.4 Å². The maximum atomic E-state index is 13.6. The molecule has 1 rings (SSSR count). The molecule has 38 heavy (non-hydrogen) atoms. The number of anilines is 1. The first-order valence-corrected chi connectivity index (χ1v) is 12.4. The molecule has 11 nitrogen and oxygen atoms in total. The molecule has 1 atom stereocenters. The Kier molecular flexibility index (Phi) is 13.1. The van der Waals surface area contributed by atoms with E-state index in [-0.39, 0.29) is 32.7 Å². The summed E-state index contributed by atoms with van der Waals surface area (Å²) in [6, 6.07) is 3.69. The Morgan fingerprint density at radius 2 is 1.42 bits per heavy atom. The lowest BCUT2D eigenvalue weighted by Gasteiger charge is -2.33. The summed E-state index contributed by atoms with van der Waals surface area (Å²) in [6.07, 6.45) is 0.312. The van der Waals surface area contributed by atoms with E-state index in [9.17, 15) is 19.2 Å². The molecule has 0 saturated carbocycles. The van der Waals surface area contributed by atoms with Crippen LogP contribution in [0.5, 0.6) is 11.5 Å². The van der Waals surface area contributed by atoms with Crippen molar-refractivity contribution >= 4 is 29.7 Å². The predicted molar refractivity (Wildman–Crippen MR) is 139 cm³/mol. The van der Waals surface area contributed by atoms with Gasteiger partial charge in [0, 0.05) is 12.5 Å². The molecule has 0 spiro atoms. The normalized spacial score (nSPS) is 11.5. The molecule has 0 radical (unpaired) electrons. The molecular weight excluding hydrogens is 498 g/mol. The van der Waals surface area contributed by atoms with Gasteiger partial charge in [-0.15, -0.1) is 0 Å². The molecule has 0 aliphatic rings. The standard InChI is InChI=1S/C27H39NO10/c1-9-35-23(29)15-13-18(16-20(24(30)36-10-2)25(31)37-11-3)28(26(32)38-27(4,5)6)19-12-14-21(33-7)22(17-19)34-8/h12,14,16-18H,9-11,13,15H2,1-8H3. The van der Waals surface area contributed by atoms with Crippen LogP contribution in [0.1, 0.15) is 54.4 Å². The number of carbonyl (C=O) groups is 4. The van der Waals surface area contributed by atoms with E-state index >= 15 is 0 Å². The van der Waals surface area contributed by atoms with Crippen LogP contribution in [-0.2, 0) is 33.3 Å². The van der Waals surface area contributed by atoms with E-state index in [0.717, 1.165) is 0 Å². The van der Waals surface area contributed by atoms with E-state index < -0.39 is 41.2 Å². The summed E-state index contributed by atoms with van der Waals surface area (Å²) in [6.45, 7) is 10.1. The molecule has 1 aromatic rings. The predicted octanol–water partition coefficient (Wildman–Crippen LogP) is 4.21. The summed E-state index contributed by atoms with van der Waals surface area (Å²) in [5.41, 5.74) is -1.00. The quantitative estimate of drug-likeness (QED) is 0.119. The average Bonchev–Trinajstić information content (AvgIpc) is 2.84. The van der Waals surface area contributed by atoms with Crippen molar-refractivity contribution in [3.05, 3.63) is 29.8 Å². The smallest absolute Gasteiger partial charge is 0.415 e. The van der Waals surface area contributed by atoms with Crippen LogP contribution in [0.25, 0.3) is 0 Å². The van der Waals surface area contributed by atoms with Crippen LogP contribution in [0.2, 0.25) is 0 Å². The number of esters is 3. The first-order valence-electron chi connectivity index (χ1n) is 12.4. The number of benzene rings is 1. The van der Waals surface area contributed by atoms with E-state index in [1.54, 1.807) is 59.7 Å². The lowest BCUT2D eigenvalue weighted by molar-refractivity contribution is -0.146. The molecule has 1 amide bonds. The zero-order valence-corrected chi connectivity index (χ0v) is 23.5. The second kappa shape index (κ2) is 15.5. The molecule has 0 aliphatic carbocycles. The highest BCUT2D eigenvalue weighted by molar-refractivity contribution is 6.14. The average molecular weight is 538 g/mol. The van der Waals surface area contributed by atoms with Gasteiger partial charge in [-0.3, -0.25) is 9.69 Å². The van der Waals surface area contributed by atoms with Gasteiger partial charge in [-0.1, -0.05) is 0 Å². The van der Waals surface area contributed by atoms with Crippen molar-refractivity contribution in [2.45, 2.75) is 66.0 Å². The maximum absolute atomic E-state index is 13.6. The fourth-order valence-corrected chi connectivity index (χ4v) is 3.33. The zero-order chi connectivity index (χ0) is 28.9. The van der Waals surface area contributed by atoms with Crippen molar-refractivity contribution in [1.82, 2.24) is 0 Å². The van der Waals surface area contributed by atoms with Gasteiger partial charge in [-0.2, -0.15) is 0 Å². The number of carbonyl (C=O) groups excluding carboxylic acids is 4. The zero-order valence-electron chi connectivity index (χ0n) is 23.5. The van der Waals surface area contributed by atoms with Gasteiger partial charge >= 0.3 is 24.0 Å². The third-order valence-corrected chi connectivity index (χ3v) is 4.87. The van der Waals surface area contributed by atoms with Gasteiger partial charge in [0.1, 0.15) is 11.2 Å². The van der Waals surface area contributed by atoms with Crippen molar-refractivity contribution in [3.63, 3.8) is 0 Å². The molecule has 0 aliphatic heterocycles. The van der Waals surface area contributed by atoms with Gasteiger partial charge < -0.3 is 28.4 Å². The summed E-state index contributed by atoms with van der Waals surface area (Å²) in [5, 5.41) is 0. The fourth-order valence-electron chi connectivity index (χ4n) is 3.33. The number of rotatable bonds is 13. The minimum Gasteiger partial charge on any atom is -0.493 e. The van der Waals surface area contributed by atoms with E-state index in [1.165, 1.54) is 25.2 Å². The molecule has 0 N–H and O–H groups in total. The Morgan fingerprint density at radius 1 is 0.868 bits per heavy atom. The molecule has 0 heterocycles. The Balaban J connectivity index is 3.81. The third-order valence-electron chi connectivity index (χ3n) is 4.87. The molecule has 0 aromatic heterocycles. The topological polar surface area (TPSA) is 127 Å². The van der Waals surface area contributed by atoms with Crippen molar-refractivity contribution in [1.29, 1.82) is 0 Å². The van der Waals surface area contributed by atoms with Crippen molar-refractivity contribution < 1.29 is 47.6 Å². The van der Waals surface area contributed by atoms with Crippen LogP contribution in [0.3, 0.4) is 0 Å². The lowest BCUT2D eigenvalue weighted by Crippen LogP contribution is -2.44. The Hall–Kier alpha value is -3.76. The summed E-state index contributed by atoms with van der Waals surface area (Å²) in [7, 11) is 2.91. The van der Waals surface area contributed by atoms with Crippen LogP contribution >= 0.6 is 0 Å². The molecule has 212 valence electrons. The van der Waals surface area contributed by atoms with Crippen molar-refractivity contribution in [3.8, 4) is 11.5 Å². The summed E-state index contributed by atoms with van der Waals surface area (Å²) >= 11 is 0. The molecule has 1 unspecified atom stereocenters. The first kappa shape index (κ1) is 32.3. The molecule has 0 fully saturated rings. The van der Waals surface area contributed by atoms with Crippen LogP contribution in [-0.4, -0.2) is 69.7 Å². The molecule has 11 heteroatoms. The highest BCUT2D eigenvalue weighted by atomic mass is 16.6. The van der Waals surface area contributed by atoms with E-state index in [4.69, 9.17) is 28.4 Å². The van der Waals surface area contributed by atoms with E-state index in [2.05, 4.69) is 0 Å². The van der Waals surface area contributed by atoms with Crippen LogP contribution in [0.15, 0.2) is 29.8 Å². The molecular formula is C27H39NO10. The largest absolute Gasteiger partial charge is 0.493 e. The van der Waals surface area contributed by atoms with Crippen LogP contribution in [0, 0.1) is 0 Å². The number of methoxy groups -OCH3 is 2. The Morgan fingerprint density at radius 3 is 1.89 bits per heavy atom. The minimum atomic E-state index is -1.03. The van der Waals surface area contributed by atoms with Gasteiger partial charge in [0.15, 0.2) is 11.5 Å².